The summed E-state index contributed by atoms with van der Waals surface area (Å²) in [4.78, 5) is 53.4. The van der Waals surface area contributed by atoms with Crippen molar-refractivity contribution in [2.24, 2.45) is 0 Å². The number of imide groups is 1. The Morgan fingerprint density at radius 1 is 0.914 bits per heavy atom. The zero-order valence-corrected chi connectivity index (χ0v) is 19.3. The molecule has 3 aromatic carbocycles. The van der Waals surface area contributed by atoms with Gasteiger partial charge < -0.3 is 15.0 Å². The van der Waals surface area contributed by atoms with Crippen molar-refractivity contribution < 1.29 is 23.9 Å². The number of nitrogens with zero attached hydrogens (tertiary/aromatic N) is 2. The third-order valence-electron chi connectivity index (χ3n) is 6.22. The Balaban J connectivity index is 1.36. The first-order valence-electron chi connectivity index (χ1n) is 11.2. The molecule has 1 N–H and O–H groups in total. The van der Waals surface area contributed by atoms with Gasteiger partial charge in [0.05, 0.1) is 23.4 Å². The Kier molecular flexibility index (Phi) is 5.56. The topological polar surface area (TPSA) is 96.0 Å². The van der Waals surface area contributed by atoms with E-state index in [1.165, 1.54) is 0 Å². The van der Waals surface area contributed by atoms with Gasteiger partial charge in [-0.05, 0) is 55.3 Å². The molecule has 0 bridgehead atoms. The minimum atomic E-state index is -0.638. The van der Waals surface area contributed by atoms with Crippen LogP contribution in [0.5, 0.6) is 5.75 Å². The third kappa shape index (κ3) is 4.03. The van der Waals surface area contributed by atoms with Crippen LogP contribution < -0.4 is 15.0 Å². The lowest BCUT2D eigenvalue weighted by Crippen LogP contribution is -2.44. The molecule has 2 aliphatic heterocycles. The number of rotatable bonds is 5. The van der Waals surface area contributed by atoms with Crippen LogP contribution in [0.25, 0.3) is 0 Å². The summed E-state index contributed by atoms with van der Waals surface area (Å²) in [5.41, 5.74) is 3.60. The van der Waals surface area contributed by atoms with E-state index in [1.807, 2.05) is 31.2 Å². The van der Waals surface area contributed by atoms with Crippen LogP contribution >= 0.6 is 0 Å². The number of benzene rings is 3. The van der Waals surface area contributed by atoms with E-state index >= 15 is 0 Å². The van der Waals surface area contributed by atoms with E-state index in [-0.39, 0.29) is 17.0 Å². The molecule has 8 nitrogen and oxygen atoms in total. The molecular formula is C27H23N3O5. The number of aryl methyl sites for hydroxylation is 1. The van der Waals surface area contributed by atoms with Crippen LogP contribution in [0.4, 0.5) is 11.4 Å². The second-order valence-electron chi connectivity index (χ2n) is 8.58. The second kappa shape index (κ2) is 8.72. The number of carbonyl (C=O) groups is 4. The molecule has 0 radical (unpaired) electrons. The summed E-state index contributed by atoms with van der Waals surface area (Å²) in [7, 11) is 0. The maximum Gasteiger partial charge on any atom is 0.268 e. The third-order valence-corrected chi connectivity index (χ3v) is 6.22. The molecule has 35 heavy (non-hydrogen) atoms. The Morgan fingerprint density at radius 3 is 2.26 bits per heavy atom. The molecule has 0 saturated heterocycles. The fraction of sp³-hybridized carbons (Fsp3) is 0.185. The zero-order chi connectivity index (χ0) is 24.7. The monoisotopic (exact) mass is 469 g/mol. The van der Waals surface area contributed by atoms with Gasteiger partial charge in [0.15, 0.2) is 6.10 Å². The lowest BCUT2D eigenvalue weighted by molar-refractivity contribution is -0.125. The molecule has 2 heterocycles. The van der Waals surface area contributed by atoms with Gasteiger partial charge in [-0.1, -0.05) is 36.4 Å². The largest absolute Gasteiger partial charge is 0.479 e. The first kappa shape index (κ1) is 22.3. The van der Waals surface area contributed by atoms with Crippen LogP contribution in [-0.4, -0.2) is 41.2 Å². The Morgan fingerprint density at radius 2 is 1.57 bits per heavy atom. The van der Waals surface area contributed by atoms with Crippen LogP contribution in [-0.2, 0) is 16.1 Å². The molecule has 176 valence electrons. The number of anilines is 2. The number of hydrogen-bond donors (Lipinski definition) is 1. The molecule has 1 atom stereocenters. The molecular weight excluding hydrogens is 446 g/mol. The summed E-state index contributed by atoms with van der Waals surface area (Å²) in [5.74, 6) is -1.17. The number of carbonyl (C=O) groups excluding carboxylic acids is 4. The summed E-state index contributed by atoms with van der Waals surface area (Å²) in [6.45, 7) is 3.63. The summed E-state index contributed by atoms with van der Waals surface area (Å²) >= 11 is 0. The van der Waals surface area contributed by atoms with Gasteiger partial charge in [-0.25, -0.2) is 0 Å². The van der Waals surface area contributed by atoms with Crippen LogP contribution in [0, 0.1) is 6.92 Å². The van der Waals surface area contributed by atoms with Crippen molar-refractivity contribution in [1.82, 2.24) is 4.90 Å². The van der Waals surface area contributed by atoms with E-state index in [9.17, 15) is 19.2 Å². The molecule has 0 fully saturated rings. The average molecular weight is 469 g/mol. The number of ether oxygens (including phenoxy) is 1. The number of nitrogens with one attached hydrogen (secondary N) is 1. The molecule has 4 amide bonds. The number of amides is 4. The lowest BCUT2D eigenvalue weighted by Gasteiger charge is -2.33. The molecule has 0 saturated carbocycles. The van der Waals surface area contributed by atoms with Crippen molar-refractivity contribution in [2.45, 2.75) is 26.5 Å². The van der Waals surface area contributed by atoms with Gasteiger partial charge in [0, 0.05) is 5.69 Å². The predicted octanol–water partition coefficient (Wildman–Crippen LogP) is 3.54. The SMILES string of the molecule is Cc1ccccc1CN1C(=O)C(C)Oc2ccc(NC(=O)CN3C(=O)c4ccccc4C3=O)cc21. The Bertz CT molecular complexity index is 1350. The Hall–Kier alpha value is -4.46. The maximum absolute atomic E-state index is 13.0. The fourth-order valence-electron chi connectivity index (χ4n) is 4.33. The molecule has 1 unspecified atom stereocenters. The first-order valence-corrected chi connectivity index (χ1v) is 11.2. The second-order valence-corrected chi connectivity index (χ2v) is 8.58. The molecule has 2 aliphatic rings. The molecule has 0 aliphatic carbocycles. The molecule has 0 aromatic heterocycles. The minimum absolute atomic E-state index is 0.185. The van der Waals surface area contributed by atoms with Crippen molar-refractivity contribution in [1.29, 1.82) is 0 Å². The van der Waals surface area contributed by atoms with E-state index in [0.717, 1.165) is 16.0 Å². The van der Waals surface area contributed by atoms with Gasteiger partial charge in [0.2, 0.25) is 5.91 Å². The van der Waals surface area contributed by atoms with E-state index in [1.54, 1.807) is 54.3 Å². The maximum atomic E-state index is 13.0. The minimum Gasteiger partial charge on any atom is -0.479 e. The number of hydrogen-bond acceptors (Lipinski definition) is 5. The van der Waals surface area contributed by atoms with E-state index in [4.69, 9.17) is 4.74 Å². The summed E-state index contributed by atoms with van der Waals surface area (Å²) in [6, 6.07) is 19.3. The summed E-state index contributed by atoms with van der Waals surface area (Å²) < 4.78 is 5.77. The van der Waals surface area contributed by atoms with Crippen molar-refractivity contribution in [2.75, 3.05) is 16.8 Å². The van der Waals surface area contributed by atoms with Crippen molar-refractivity contribution in [3.63, 3.8) is 0 Å². The summed E-state index contributed by atoms with van der Waals surface area (Å²) in [6.07, 6.45) is -0.638. The summed E-state index contributed by atoms with van der Waals surface area (Å²) in [5, 5.41) is 2.73. The molecule has 5 rings (SSSR count). The highest BCUT2D eigenvalue weighted by molar-refractivity contribution is 6.22. The zero-order valence-electron chi connectivity index (χ0n) is 19.3. The Labute approximate surface area is 202 Å². The van der Waals surface area contributed by atoms with Crippen LogP contribution in [0.3, 0.4) is 0 Å². The van der Waals surface area contributed by atoms with Gasteiger partial charge in [0.25, 0.3) is 17.7 Å². The molecule has 3 aromatic rings. The highest BCUT2D eigenvalue weighted by Crippen LogP contribution is 2.37. The van der Waals surface area contributed by atoms with Crippen LogP contribution in [0.15, 0.2) is 66.7 Å². The average Bonchev–Trinajstić information content (AvgIpc) is 3.08. The smallest absolute Gasteiger partial charge is 0.268 e. The quantitative estimate of drug-likeness (QED) is 0.577. The van der Waals surface area contributed by atoms with Crippen LogP contribution in [0.2, 0.25) is 0 Å². The standard InChI is InChI=1S/C27H23N3O5/c1-16-7-3-4-8-18(16)14-29-22-13-19(11-12-23(22)35-17(2)25(29)32)28-24(31)15-30-26(33)20-9-5-6-10-21(20)27(30)34/h3-13,17H,14-15H2,1-2H3,(H,28,31). The molecule has 0 spiro atoms. The van der Waals surface area contributed by atoms with Gasteiger partial charge in [0.1, 0.15) is 12.3 Å². The molecule has 8 heteroatoms. The van der Waals surface area contributed by atoms with E-state index in [0.29, 0.717) is 23.7 Å². The normalized spacial score (nSPS) is 16.6. The van der Waals surface area contributed by atoms with Gasteiger partial charge in [-0.2, -0.15) is 0 Å². The van der Waals surface area contributed by atoms with Crippen molar-refractivity contribution in [3.8, 4) is 5.75 Å². The lowest BCUT2D eigenvalue weighted by atomic mass is 10.1. The van der Waals surface area contributed by atoms with Crippen molar-refractivity contribution >= 4 is 35.0 Å². The van der Waals surface area contributed by atoms with Crippen LogP contribution in [0.1, 0.15) is 38.8 Å². The van der Waals surface area contributed by atoms with Gasteiger partial charge in [-0.3, -0.25) is 24.1 Å². The first-order chi connectivity index (χ1) is 16.8. The fourth-order valence-corrected chi connectivity index (χ4v) is 4.33. The highest BCUT2D eigenvalue weighted by Gasteiger charge is 2.36. The predicted molar refractivity (Wildman–Crippen MR) is 129 cm³/mol. The van der Waals surface area contributed by atoms with Crippen molar-refractivity contribution in [3.05, 3.63) is 89.0 Å². The van der Waals surface area contributed by atoms with E-state index < -0.39 is 30.4 Å². The van der Waals surface area contributed by atoms with Gasteiger partial charge >= 0.3 is 0 Å². The highest BCUT2D eigenvalue weighted by atomic mass is 16.5. The van der Waals surface area contributed by atoms with Gasteiger partial charge in [-0.15, -0.1) is 0 Å². The number of fused-ring (bicyclic) bond motifs is 2. The van der Waals surface area contributed by atoms with E-state index in [2.05, 4.69) is 5.32 Å².